The molecule has 4 nitrogen and oxygen atoms in total. The molecular formula is C8H15NO3S. The highest BCUT2D eigenvalue weighted by Gasteiger charge is 2.15. The van der Waals surface area contributed by atoms with Gasteiger partial charge in [0.15, 0.2) is 0 Å². The zero-order valence-electron chi connectivity index (χ0n) is 8.03. The molecule has 0 aromatic carbocycles. The Morgan fingerprint density at radius 2 is 2.00 bits per heavy atom. The lowest BCUT2D eigenvalue weighted by Crippen LogP contribution is -2.39. The van der Waals surface area contributed by atoms with E-state index in [1.54, 1.807) is 11.8 Å². The van der Waals surface area contributed by atoms with Crippen LogP contribution in [0, 0.1) is 0 Å². The van der Waals surface area contributed by atoms with Gasteiger partial charge < -0.3 is 10.4 Å². The summed E-state index contributed by atoms with van der Waals surface area (Å²) in [5, 5.41) is 11.1. The van der Waals surface area contributed by atoms with Crippen molar-refractivity contribution >= 4 is 23.6 Å². The minimum absolute atomic E-state index is 0.211. The van der Waals surface area contributed by atoms with Crippen LogP contribution in [0.5, 0.6) is 0 Å². The molecule has 0 aliphatic rings. The molecule has 5 heteroatoms. The second-order valence-electron chi connectivity index (χ2n) is 2.88. The lowest BCUT2D eigenvalue weighted by atomic mass is 10.3. The minimum atomic E-state index is -1.01. The maximum Gasteiger partial charge on any atom is 0.325 e. The molecule has 1 unspecified atom stereocenters. The third-order valence-electron chi connectivity index (χ3n) is 1.62. The van der Waals surface area contributed by atoms with Crippen molar-refractivity contribution in [2.75, 3.05) is 6.26 Å². The van der Waals surface area contributed by atoms with Crippen molar-refractivity contribution in [1.82, 2.24) is 5.32 Å². The number of carbonyl (C=O) groups excluding carboxylic acids is 1. The summed E-state index contributed by atoms with van der Waals surface area (Å²) in [7, 11) is 0. The molecule has 0 rings (SSSR count). The van der Waals surface area contributed by atoms with Crippen molar-refractivity contribution in [3.8, 4) is 0 Å². The van der Waals surface area contributed by atoms with Crippen LogP contribution in [0.25, 0.3) is 0 Å². The summed E-state index contributed by atoms with van der Waals surface area (Å²) in [6.07, 6.45) is 2.28. The Kier molecular flexibility index (Phi) is 5.53. The lowest BCUT2D eigenvalue weighted by Gasteiger charge is -2.11. The summed E-state index contributed by atoms with van der Waals surface area (Å²) >= 11 is 1.58. The van der Waals surface area contributed by atoms with E-state index in [2.05, 4.69) is 5.32 Å². The molecule has 1 amide bonds. The van der Waals surface area contributed by atoms with Gasteiger partial charge in [-0.2, -0.15) is 11.8 Å². The molecular weight excluding hydrogens is 190 g/mol. The number of hydrogen-bond donors (Lipinski definition) is 2. The van der Waals surface area contributed by atoms with Crippen molar-refractivity contribution in [3.63, 3.8) is 0 Å². The van der Waals surface area contributed by atoms with E-state index in [4.69, 9.17) is 5.11 Å². The summed E-state index contributed by atoms with van der Waals surface area (Å²) < 4.78 is 0. The van der Waals surface area contributed by atoms with Crippen LogP contribution in [0.1, 0.15) is 20.3 Å². The maximum absolute atomic E-state index is 11.1. The largest absolute Gasteiger partial charge is 0.480 e. The van der Waals surface area contributed by atoms with Crippen molar-refractivity contribution in [3.05, 3.63) is 0 Å². The summed E-state index contributed by atoms with van der Waals surface area (Å²) in [6, 6.07) is -0.804. The van der Waals surface area contributed by atoms with Crippen LogP contribution in [-0.4, -0.2) is 34.5 Å². The maximum atomic E-state index is 11.1. The van der Waals surface area contributed by atoms with Crippen LogP contribution in [0.4, 0.5) is 0 Å². The van der Waals surface area contributed by atoms with Gasteiger partial charge in [-0.25, -0.2) is 0 Å². The number of nitrogens with one attached hydrogen (secondary N) is 1. The number of rotatable bonds is 5. The van der Waals surface area contributed by atoms with Crippen molar-refractivity contribution in [2.24, 2.45) is 0 Å². The first kappa shape index (κ1) is 12.3. The molecule has 76 valence electrons. The van der Waals surface area contributed by atoms with E-state index in [-0.39, 0.29) is 11.2 Å². The van der Waals surface area contributed by atoms with E-state index >= 15 is 0 Å². The molecule has 0 spiro atoms. The number of carbonyl (C=O) groups is 2. The molecule has 2 N–H and O–H groups in total. The predicted molar refractivity (Wildman–Crippen MR) is 52.8 cm³/mol. The fourth-order valence-corrected chi connectivity index (χ4v) is 1.02. The number of aliphatic carboxylic acids is 1. The van der Waals surface area contributed by atoms with Crippen LogP contribution >= 0.6 is 11.8 Å². The fraction of sp³-hybridized carbons (Fsp3) is 0.750. The molecule has 0 radical (unpaired) electrons. The SMILES string of the molecule is CSC(C)CC(=O)N[C@@H](C)C(=O)O. The Balaban J connectivity index is 3.81. The molecule has 13 heavy (non-hydrogen) atoms. The zero-order chi connectivity index (χ0) is 10.4. The van der Waals surface area contributed by atoms with Crippen LogP contribution < -0.4 is 5.32 Å². The summed E-state index contributed by atoms with van der Waals surface area (Å²) in [5.74, 6) is -1.22. The van der Waals surface area contributed by atoms with Gasteiger partial charge in [-0.1, -0.05) is 6.92 Å². The second-order valence-corrected chi connectivity index (χ2v) is 4.15. The quantitative estimate of drug-likeness (QED) is 0.694. The Bertz CT molecular complexity index is 196. The van der Waals surface area contributed by atoms with Crippen LogP contribution in [-0.2, 0) is 9.59 Å². The van der Waals surface area contributed by atoms with E-state index in [1.165, 1.54) is 6.92 Å². The molecule has 0 bridgehead atoms. The van der Waals surface area contributed by atoms with Crippen molar-refractivity contribution in [1.29, 1.82) is 0 Å². The van der Waals surface area contributed by atoms with Crippen molar-refractivity contribution < 1.29 is 14.7 Å². The molecule has 0 aromatic rings. The van der Waals surface area contributed by atoms with E-state index in [9.17, 15) is 9.59 Å². The molecule has 0 aliphatic carbocycles. The molecule has 0 aliphatic heterocycles. The monoisotopic (exact) mass is 205 g/mol. The smallest absolute Gasteiger partial charge is 0.325 e. The average Bonchev–Trinajstić information content (AvgIpc) is 2.03. The van der Waals surface area contributed by atoms with Gasteiger partial charge in [0.2, 0.25) is 5.91 Å². The van der Waals surface area contributed by atoms with Crippen LogP contribution in [0.2, 0.25) is 0 Å². The number of thioether (sulfide) groups is 1. The minimum Gasteiger partial charge on any atom is -0.480 e. The molecule has 0 saturated heterocycles. The van der Waals surface area contributed by atoms with Gasteiger partial charge >= 0.3 is 5.97 Å². The molecule has 0 aromatic heterocycles. The topological polar surface area (TPSA) is 66.4 Å². The normalized spacial score (nSPS) is 14.7. The number of hydrogen-bond acceptors (Lipinski definition) is 3. The number of carboxylic acid groups (broad SMARTS) is 1. The zero-order valence-corrected chi connectivity index (χ0v) is 8.85. The van der Waals surface area contributed by atoms with E-state index < -0.39 is 12.0 Å². The molecule has 0 heterocycles. The summed E-state index contributed by atoms with van der Waals surface area (Å²) in [4.78, 5) is 21.5. The Morgan fingerprint density at radius 1 is 1.46 bits per heavy atom. The number of carboxylic acids is 1. The van der Waals surface area contributed by atoms with Gasteiger partial charge in [-0.15, -0.1) is 0 Å². The third kappa shape index (κ3) is 5.52. The Labute approximate surface area is 82.1 Å². The predicted octanol–water partition coefficient (Wildman–Crippen LogP) is 0.717. The molecule has 0 fully saturated rings. The second kappa shape index (κ2) is 5.85. The van der Waals surface area contributed by atoms with Gasteiger partial charge in [0, 0.05) is 11.7 Å². The number of amides is 1. The Hall–Kier alpha value is -0.710. The lowest BCUT2D eigenvalue weighted by molar-refractivity contribution is -0.141. The highest BCUT2D eigenvalue weighted by atomic mass is 32.2. The summed E-state index contributed by atoms with van der Waals surface area (Å²) in [5.41, 5.74) is 0. The third-order valence-corrected chi connectivity index (χ3v) is 2.59. The Morgan fingerprint density at radius 3 is 2.38 bits per heavy atom. The van der Waals surface area contributed by atoms with Gasteiger partial charge in [0.25, 0.3) is 0 Å². The first-order chi connectivity index (χ1) is 5.97. The standard InChI is InChI=1S/C8H15NO3S/c1-5(13-3)4-7(10)9-6(2)8(11)12/h5-6H,4H2,1-3H3,(H,9,10)(H,11,12)/t5?,6-/m0/s1. The van der Waals surface area contributed by atoms with Crippen molar-refractivity contribution in [2.45, 2.75) is 31.6 Å². The molecule has 2 atom stereocenters. The highest BCUT2D eigenvalue weighted by molar-refractivity contribution is 7.99. The van der Waals surface area contributed by atoms with Crippen LogP contribution in [0.3, 0.4) is 0 Å². The summed E-state index contributed by atoms with van der Waals surface area (Å²) in [6.45, 7) is 3.37. The van der Waals surface area contributed by atoms with Gasteiger partial charge in [0.05, 0.1) is 0 Å². The van der Waals surface area contributed by atoms with Crippen LogP contribution in [0.15, 0.2) is 0 Å². The van der Waals surface area contributed by atoms with E-state index in [0.29, 0.717) is 6.42 Å². The first-order valence-electron chi connectivity index (χ1n) is 4.02. The fourth-order valence-electron chi connectivity index (χ4n) is 0.707. The van der Waals surface area contributed by atoms with E-state index in [1.807, 2.05) is 13.2 Å². The van der Waals surface area contributed by atoms with E-state index in [0.717, 1.165) is 0 Å². The average molecular weight is 205 g/mol. The van der Waals surface area contributed by atoms with Gasteiger partial charge in [-0.05, 0) is 13.2 Å². The first-order valence-corrected chi connectivity index (χ1v) is 5.31. The molecule has 0 saturated carbocycles. The van der Waals surface area contributed by atoms with Gasteiger partial charge in [-0.3, -0.25) is 9.59 Å². The van der Waals surface area contributed by atoms with Gasteiger partial charge in [0.1, 0.15) is 6.04 Å². The highest BCUT2D eigenvalue weighted by Crippen LogP contribution is 2.08.